The number of carbonyl (C=O) groups is 1. The molecule has 0 saturated carbocycles. The number of amides is 1. The van der Waals surface area contributed by atoms with Crippen molar-refractivity contribution >= 4 is 22.4 Å². The van der Waals surface area contributed by atoms with Crippen LogP contribution in [0.2, 0.25) is 0 Å². The normalized spacial score (nSPS) is 10.7. The maximum Gasteiger partial charge on any atom is 0.228 e. The quantitative estimate of drug-likeness (QED) is 0.782. The molecule has 7 heteroatoms. The third kappa shape index (κ3) is 3.81. The zero-order chi connectivity index (χ0) is 16.2. The van der Waals surface area contributed by atoms with Gasteiger partial charge in [-0.05, 0) is 25.0 Å². The van der Waals surface area contributed by atoms with Gasteiger partial charge in [0.2, 0.25) is 5.91 Å². The Balaban J connectivity index is 1.63. The Morgan fingerprint density at radius 1 is 1.35 bits per heavy atom. The van der Waals surface area contributed by atoms with Crippen LogP contribution in [0.5, 0.6) is 0 Å². The highest BCUT2D eigenvalue weighted by Crippen LogP contribution is 2.31. The van der Waals surface area contributed by atoms with Crippen LogP contribution in [0.15, 0.2) is 37.1 Å². The maximum atomic E-state index is 12.0. The largest absolute Gasteiger partial charge is 0.302 e. The van der Waals surface area contributed by atoms with Crippen molar-refractivity contribution in [1.29, 1.82) is 0 Å². The standard InChI is InChI=1S/C16H17N5OS/c1-11-3-4-13(12(2)7-11)14-8-18-16(23-14)20-15(22)5-6-21-10-17-9-19-21/h3-4,7-10H,5-6H2,1-2H3,(H,18,20,22). The van der Waals surface area contributed by atoms with Crippen LogP contribution < -0.4 is 5.32 Å². The smallest absolute Gasteiger partial charge is 0.228 e. The van der Waals surface area contributed by atoms with E-state index in [2.05, 4.69) is 52.4 Å². The third-order valence-electron chi connectivity index (χ3n) is 3.43. The van der Waals surface area contributed by atoms with Gasteiger partial charge in [-0.3, -0.25) is 9.48 Å². The first kappa shape index (κ1) is 15.4. The Labute approximate surface area is 138 Å². The monoisotopic (exact) mass is 327 g/mol. The van der Waals surface area contributed by atoms with Gasteiger partial charge in [-0.25, -0.2) is 9.97 Å². The van der Waals surface area contributed by atoms with Crippen LogP contribution in [0.1, 0.15) is 17.5 Å². The molecule has 0 aliphatic carbocycles. The van der Waals surface area contributed by atoms with Gasteiger partial charge in [0, 0.05) is 12.6 Å². The molecule has 3 rings (SSSR count). The fourth-order valence-corrected chi connectivity index (χ4v) is 3.22. The number of carbonyl (C=O) groups excluding carboxylic acids is 1. The molecule has 0 atom stereocenters. The molecule has 1 amide bonds. The molecule has 118 valence electrons. The average molecular weight is 327 g/mol. The highest BCUT2D eigenvalue weighted by molar-refractivity contribution is 7.19. The second-order valence-electron chi connectivity index (χ2n) is 5.30. The summed E-state index contributed by atoms with van der Waals surface area (Å²) in [5.74, 6) is -0.0815. The number of benzene rings is 1. The molecule has 1 N–H and O–H groups in total. The third-order valence-corrected chi connectivity index (χ3v) is 4.38. The highest BCUT2D eigenvalue weighted by atomic mass is 32.1. The van der Waals surface area contributed by atoms with Crippen molar-refractivity contribution in [2.75, 3.05) is 5.32 Å². The van der Waals surface area contributed by atoms with Crippen molar-refractivity contribution in [1.82, 2.24) is 19.7 Å². The number of aryl methyl sites for hydroxylation is 3. The molecule has 0 unspecified atom stereocenters. The van der Waals surface area contributed by atoms with Gasteiger partial charge in [0.05, 0.1) is 11.4 Å². The molecule has 2 aromatic heterocycles. The summed E-state index contributed by atoms with van der Waals surface area (Å²) in [4.78, 5) is 21.1. The second kappa shape index (κ2) is 6.70. The highest BCUT2D eigenvalue weighted by Gasteiger charge is 2.10. The van der Waals surface area contributed by atoms with E-state index in [-0.39, 0.29) is 5.91 Å². The molecule has 6 nitrogen and oxygen atoms in total. The average Bonchev–Trinajstić information content (AvgIpc) is 3.17. The SMILES string of the molecule is Cc1ccc(-c2cnc(NC(=O)CCn3cncn3)s2)c(C)c1. The number of aromatic nitrogens is 4. The first-order valence-corrected chi connectivity index (χ1v) is 8.09. The number of thiazole rings is 1. The van der Waals surface area contributed by atoms with Crippen molar-refractivity contribution in [2.24, 2.45) is 0 Å². The van der Waals surface area contributed by atoms with Crippen molar-refractivity contribution < 1.29 is 4.79 Å². The molecule has 23 heavy (non-hydrogen) atoms. The molecule has 0 spiro atoms. The van der Waals surface area contributed by atoms with Gasteiger partial charge in [0.15, 0.2) is 5.13 Å². The van der Waals surface area contributed by atoms with Gasteiger partial charge in [-0.1, -0.05) is 35.1 Å². The minimum atomic E-state index is -0.0815. The predicted molar refractivity (Wildman–Crippen MR) is 90.3 cm³/mol. The summed E-state index contributed by atoms with van der Waals surface area (Å²) in [6.07, 6.45) is 5.18. The summed E-state index contributed by atoms with van der Waals surface area (Å²) in [6, 6.07) is 6.32. The second-order valence-corrected chi connectivity index (χ2v) is 6.34. The molecular formula is C16H17N5OS. The summed E-state index contributed by atoms with van der Waals surface area (Å²) in [6.45, 7) is 4.66. The molecule has 0 aliphatic heterocycles. The Kier molecular flexibility index (Phi) is 4.47. The summed E-state index contributed by atoms with van der Waals surface area (Å²) in [5.41, 5.74) is 3.59. The lowest BCUT2D eigenvalue weighted by Gasteiger charge is -2.04. The van der Waals surface area contributed by atoms with Gasteiger partial charge >= 0.3 is 0 Å². The van der Waals surface area contributed by atoms with Crippen molar-refractivity contribution in [3.05, 3.63) is 48.2 Å². The minimum absolute atomic E-state index is 0.0815. The summed E-state index contributed by atoms with van der Waals surface area (Å²) in [7, 11) is 0. The van der Waals surface area contributed by atoms with Gasteiger partial charge in [-0.2, -0.15) is 5.10 Å². The van der Waals surface area contributed by atoms with Crippen LogP contribution in [0.25, 0.3) is 10.4 Å². The predicted octanol–water partition coefficient (Wildman–Crippen LogP) is 3.05. The fourth-order valence-electron chi connectivity index (χ4n) is 2.29. The summed E-state index contributed by atoms with van der Waals surface area (Å²) < 4.78 is 1.63. The van der Waals surface area contributed by atoms with Crippen molar-refractivity contribution in [2.45, 2.75) is 26.8 Å². The number of nitrogens with zero attached hydrogens (tertiary/aromatic N) is 4. The Morgan fingerprint density at radius 3 is 2.96 bits per heavy atom. The van der Waals surface area contributed by atoms with E-state index < -0.39 is 0 Å². The molecular weight excluding hydrogens is 310 g/mol. The number of hydrogen-bond acceptors (Lipinski definition) is 5. The summed E-state index contributed by atoms with van der Waals surface area (Å²) >= 11 is 1.48. The van der Waals surface area contributed by atoms with Gasteiger partial charge in [0.25, 0.3) is 0 Å². The Bertz CT molecular complexity index is 810. The molecule has 2 heterocycles. The number of anilines is 1. The number of hydrogen-bond donors (Lipinski definition) is 1. The molecule has 1 aromatic carbocycles. The van der Waals surface area contributed by atoms with Crippen molar-refractivity contribution in [3.8, 4) is 10.4 Å². The molecule has 0 bridgehead atoms. The van der Waals surface area contributed by atoms with Crippen LogP contribution in [-0.2, 0) is 11.3 Å². The van der Waals surface area contributed by atoms with E-state index in [1.807, 2.05) is 0 Å². The van der Waals surface area contributed by atoms with Gasteiger partial charge in [0.1, 0.15) is 12.7 Å². The zero-order valence-corrected chi connectivity index (χ0v) is 13.8. The van der Waals surface area contributed by atoms with E-state index in [1.54, 1.807) is 17.2 Å². The Hall–Kier alpha value is -2.54. The first-order chi connectivity index (χ1) is 11.1. The van der Waals surface area contributed by atoms with Gasteiger partial charge < -0.3 is 5.32 Å². The van der Waals surface area contributed by atoms with Crippen LogP contribution in [-0.4, -0.2) is 25.7 Å². The Morgan fingerprint density at radius 2 is 2.22 bits per heavy atom. The first-order valence-electron chi connectivity index (χ1n) is 7.27. The van der Waals surface area contributed by atoms with E-state index in [0.717, 1.165) is 10.4 Å². The minimum Gasteiger partial charge on any atom is -0.302 e. The van der Waals surface area contributed by atoms with E-state index in [9.17, 15) is 4.79 Å². The van der Waals surface area contributed by atoms with Crippen LogP contribution in [0, 0.1) is 13.8 Å². The van der Waals surface area contributed by atoms with Crippen LogP contribution in [0.4, 0.5) is 5.13 Å². The topological polar surface area (TPSA) is 72.7 Å². The molecule has 0 aliphatic rings. The lowest BCUT2D eigenvalue weighted by Crippen LogP contribution is -2.14. The zero-order valence-electron chi connectivity index (χ0n) is 13.0. The van der Waals surface area contributed by atoms with Crippen molar-refractivity contribution in [3.63, 3.8) is 0 Å². The summed E-state index contributed by atoms with van der Waals surface area (Å²) in [5, 5.41) is 7.42. The molecule has 0 radical (unpaired) electrons. The van der Waals surface area contributed by atoms with Gasteiger partial charge in [-0.15, -0.1) is 0 Å². The fraction of sp³-hybridized carbons (Fsp3) is 0.250. The van der Waals surface area contributed by atoms with E-state index in [1.165, 1.54) is 28.8 Å². The van der Waals surface area contributed by atoms with E-state index in [4.69, 9.17) is 0 Å². The lowest BCUT2D eigenvalue weighted by molar-refractivity contribution is -0.116. The van der Waals surface area contributed by atoms with E-state index in [0.29, 0.717) is 18.1 Å². The van der Waals surface area contributed by atoms with E-state index >= 15 is 0 Å². The maximum absolute atomic E-state index is 12.0. The molecule has 0 fully saturated rings. The van der Waals surface area contributed by atoms with Crippen LogP contribution in [0.3, 0.4) is 0 Å². The number of nitrogens with one attached hydrogen (secondary N) is 1. The molecule has 3 aromatic rings. The molecule has 0 saturated heterocycles. The van der Waals surface area contributed by atoms with Crippen LogP contribution >= 0.6 is 11.3 Å². The lowest BCUT2D eigenvalue weighted by atomic mass is 10.1. The number of rotatable bonds is 5.